The third-order valence-electron chi connectivity index (χ3n) is 3.02. The number of aromatic carboxylic acids is 1. The van der Waals surface area contributed by atoms with E-state index < -0.39 is 5.97 Å². The van der Waals surface area contributed by atoms with Crippen LogP contribution < -0.4 is 4.74 Å². The molecule has 104 valence electrons. The van der Waals surface area contributed by atoms with Crippen LogP contribution in [0.15, 0.2) is 24.3 Å². The van der Waals surface area contributed by atoms with Gasteiger partial charge in [0.05, 0.1) is 12.2 Å². The van der Waals surface area contributed by atoms with Crippen LogP contribution in [-0.2, 0) is 4.74 Å². The molecule has 1 aromatic rings. The Bertz CT molecular complexity index is 439. The number of para-hydroxylation sites is 1. The second-order valence-corrected chi connectivity index (χ2v) is 4.87. The van der Waals surface area contributed by atoms with Crippen molar-refractivity contribution in [1.82, 2.24) is 4.90 Å². The summed E-state index contributed by atoms with van der Waals surface area (Å²) in [5, 5.41) is 9.07. The van der Waals surface area contributed by atoms with Crippen LogP contribution in [0, 0.1) is 0 Å². The molecule has 2 atom stereocenters. The number of ether oxygens (including phenoxy) is 2. The highest BCUT2D eigenvalue weighted by Crippen LogP contribution is 2.19. The summed E-state index contributed by atoms with van der Waals surface area (Å²) in [6.45, 7) is 6.00. The second-order valence-electron chi connectivity index (χ2n) is 4.87. The number of benzene rings is 1. The molecule has 2 rings (SSSR count). The topological polar surface area (TPSA) is 59.0 Å². The molecule has 1 aliphatic rings. The molecule has 2 unspecified atom stereocenters. The highest BCUT2D eigenvalue weighted by Gasteiger charge is 2.22. The van der Waals surface area contributed by atoms with E-state index in [1.807, 2.05) is 13.8 Å². The van der Waals surface area contributed by atoms with Gasteiger partial charge in [-0.15, -0.1) is 0 Å². The number of hydrogen-bond acceptors (Lipinski definition) is 4. The standard InChI is InChI=1S/C14H19NO4/c1-10-7-15(8-11(2)19-10)9-18-13-6-4-3-5-12(13)14(16)17/h3-6,10-11H,7-9H2,1-2H3,(H,16,17). The van der Waals surface area contributed by atoms with Crippen LogP contribution in [0.3, 0.4) is 0 Å². The fourth-order valence-corrected chi connectivity index (χ4v) is 2.32. The molecule has 0 bridgehead atoms. The zero-order chi connectivity index (χ0) is 13.8. The number of rotatable bonds is 4. The summed E-state index contributed by atoms with van der Waals surface area (Å²) >= 11 is 0. The summed E-state index contributed by atoms with van der Waals surface area (Å²) < 4.78 is 11.3. The molecule has 0 aromatic heterocycles. The van der Waals surface area contributed by atoms with Gasteiger partial charge in [0.15, 0.2) is 0 Å². The number of morpholine rings is 1. The van der Waals surface area contributed by atoms with E-state index in [-0.39, 0.29) is 17.8 Å². The smallest absolute Gasteiger partial charge is 0.339 e. The van der Waals surface area contributed by atoms with Crippen molar-refractivity contribution in [3.8, 4) is 5.75 Å². The van der Waals surface area contributed by atoms with Gasteiger partial charge < -0.3 is 14.6 Å². The van der Waals surface area contributed by atoms with Crippen molar-refractivity contribution in [3.05, 3.63) is 29.8 Å². The molecule has 1 N–H and O–H groups in total. The van der Waals surface area contributed by atoms with Crippen LogP contribution in [0.25, 0.3) is 0 Å². The number of nitrogens with zero attached hydrogens (tertiary/aromatic N) is 1. The van der Waals surface area contributed by atoms with Crippen LogP contribution in [0.4, 0.5) is 0 Å². The van der Waals surface area contributed by atoms with E-state index in [1.165, 1.54) is 0 Å². The third-order valence-corrected chi connectivity index (χ3v) is 3.02. The van der Waals surface area contributed by atoms with E-state index in [2.05, 4.69) is 4.90 Å². The minimum absolute atomic E-state index is 0.169. The van der Waals surface area contributed by atoms with E-state index in [4.69, 9.17) is 14.6 Å². The van der Waals surface area contributed by atoms with Gasteiger partial charge in [-0.3, -0.25) is 4.90 Å². The van der Waals surface area contributed by atoms with Crippen LogP contribution in [0.1, 0.15) is 24.2 Å². The predicted molar refractivity (Wildman–Crippen MR) is 70.5 cm³/mol. The van der Waals surface area contributed by atoms with Crippen LogP contribution in [-0.4, -0.2) is 48.0 Å². The molecule has 0 aliphatic carbocycles. The van der Waals surface area contributed by atoms with Gasteiger partial charge in [-0.25, -0.2) is 4.79 Å². The molecule has 1 saturated heterocycles. The minimum atomic E-state index is -0.973. The van der Waals surface area contributed by atoms with Gasteiger partial charge in [-0.1, -0.05) is 12.1 Å². The Balaban J connectivity index is 1.97. The molecule has 0 amide bonds. The fraction of sp³-hybridized carbons (Fsp3) is 0.500. The average Bonchev–Trinajstić information content (AvgIpc) is 2.35. The number of hydrogen-bond donors (Lipinski definition) is 1. The Labute approximate surface area is 112 Å². The molecule has 19 heavy (non-hydrogen) atoms. The van der Waals surface area contributed by atoms with Gasteiger partial charge in [0, 0.05) is 13.1 Å². The first-order valence-corrected chi connectivity index (χ1v) is 6.39. The van der Waals surface area contributed by atoms with Gasteiger partial charge in [0.25, 0.3) is 0 Å². The van der Waals surface area contributed by atoms with E-state index in [1.54, 1.807) is 24.3 Å². The molecular weight excluding hydrogens is 246 g/mol. The summed E-state index contributed by atoms with van der Waals surface area (Å²) in [6.07, 6.45) is 0.337. The van der Waals surface area contributed by atoms with Crippen LogP contribution >= 0.6 is 0 Å². The quantitative estimate of drug-likeness (QED) is 0.900. The predicted octanol–water partition coefficient (Wildman–Crippen LogP) is 1.83. The first kappa shape index (κ1) is 13.8. The number of carboxylic acid groups (broad SMARTS) is 1. The van der Waals surface area contributed by atoms with E-state index in [9.17, 15) is 4.79 Å². The summed E-state index contributed by atoms with van der Waals surface area (Å²) in [4.78, 5) is 13.2. The van der Waals surface area contributed by atoms with Gasteiger partial charge >= 0.3 is 5.97 Å². The summed E-state index contributed by atoms with van der Waals surface area (Å²) in [6, 6.07) is 6.68. The van der Waals surface area contributed by atoms with E-state index in [0.717, 1.165) is 13.1 Å². The molecule has 1 fully saturated rings. The largest absolute Gasteiger partial charge is 0.478 e. The normalized spacial score (nSPS) is 24.1. The lowest BCUT2D eigenvalue weighted by Crippen LogP contribution is -2.46. The lowest BCUT2D eigenvalue weighted by atomic mass is 10.2. The molecule has 1 aliphatic heterocycles. The summed E-state index contributed by atoms with van der Waals surface area (Å²) in [7, 11) is 0. The number of carbonyl (C=O) groups is 1. The Hall–Kier alpha value is -1.59. The van der Waals surface area contributed by atoms with Crippen molar-refractivity contribution in [2.45, 2.75) is 26.1 Å². The Kier molecular flexibility index (Phi) is 4.39. The molecule has 0 radical (unpaired) electrons. The Morgan fingerprint density at radius 3 is 2.63 bits per heavy atom. The van der Waals surface area contributed by atoms with Crippen LogP contribution in [0.5, 0.6) is 5.75 Å². The lowest BCUT2D eigenvalue weighted by Gasteiger charge is -2.34. The van der Waals surface area contributed by atoms with E-state index in [0.29, 0.717) is 12.5 Å². The molecule has 0 spiro atoms. The van der Waals surface area contributed by atoms with Crippen molar-refractivity contribution in [3.63, 3.8) is 0 Å². The van der Waals surface area contributed by atoms with Gasteiger partial charge in [0.1, 0.15) is 18.0 Å². The van der Waals surface area contributed by atoms with Gasteiger partial charge in [0.2, 0.25) is 0 Å². The second kappa shape index (κ2) is 6.04. The Morgan fingerprint density at radius 2 is 2.00 bits per heavy atom. The summed E-state index contributed by atoms with van der Waals surface area (Å²) in [5.41, 5.74) is 0.192. The monoisotopic (exact) mass is 265 g/mol. The van der Waals surface area contributed by atoms with Crippen LogP contribution in [0.2, 0.25) is 0 Å². The molecule has 1 heterocycles. The van der Waals surface area contributed by atoms with Crippen molar-refractivity contribution in [2.75, 3.05) is 19.8 Å². The van der Waals surface area contributed by atoms with Crippen molar-refractivity contribution in [1.29, 1.82) is 0 Å². The zero-order valence-corrected chi connectivity index (χ0v) is 11.2. The average molecular weight is 265 g/mol. The first-order chi connectivity index (χ1) is 9.06. The zero-order valence-electron chi connectivity index (χ0n) is 11.2. The maximum Gasteiger partial charge on any atom is 0.339 e. The molecular formula is C14H19NO4. The van der Waals surface area contributed by atoms with Crippen molar-refractivity contribution in [2.24, 2.45) is 0 Å². The molecule has 0 saturated carbocycles. The van der Waals surface area contributed by atoms with Gasteiger partial charge in [-0.05, 0) is 26.0 Å². The number of carboxylic acids is 1. The fourth-order valence-electron chi connectivity index (χ4n) is 2.32. The van der Waals surface area contributed by atoms with Gasteiger partial charge in [-0.2, -0.15) is 0 Å². The maximum atomic E-state index is 11.1. The maximum absolute atomic E-state index is 11.1. The first-order valence-electron chi connectivity index (χ1n) is 6.39. The van der Waals surface area contributed by atoms with E-state index >= 15 is 0 Å². The summed E-state index contributed by atoms with van der Waals surface area (Å²) in [5.74, 6) is -0.568. The molecule has 1 aromatic carbocycles. The molecule has 5 heteroatoms. The molecule has 5 nitrogen and oxygen atoms in total. The van der Waals surface area contributed by atoms with Crippen molar-refractivity contribution < 1.29 is 19.4 Å². The SMILES string of the molecule is CC1CN(COc2ccccc2C(=O)O)CC(C)O1. The minimum Gasteiger partial charge on any atom is -0.478 e. The Morgan fingerprint density at radius 1 is 1.37 bits per heavy atom. The third kappa shape index (κ3) is 3.68. The lowest BCUT2D eigenvalue weighted by molar-refractivity contribution is -0.0846. The highest BCUT2D eigenvalue weighted by molar-refractivity contribution is 5.90. The van der Waals surface area contributed by atoms with Crippen molar-refractivity contribution >= 4 is 5.97 Å². The highest BCUT2D eigenvalue weighted by atomic mass is 16.5.